The second-order valence-electron chi connectivity index (χ2n) is 33.7. The number of benzene rings is 17. The van der Waals surface area contributed by atoms with Gasteiger partial charge in [-0.1, -0.05) is 265 Å². The van der Waals surface area contributed by atoms with Crippen LogP contribution in [0.3, 0.4) is 0 Å². The molecule has 28 rings (SSSR count). The van der Waals surface area contributed by atoms with Crippen LogP contribution in [0.4, 0.5) is 11.4 Å². The molecule has 19 heteroatoms. The van der Waals surface area contributed by atoms with Gasteiger partial charge in [-0.2, -0.15) is 0 Å². The first kappa shape index (κ1) is 78.8. The van der Waals surface area contributed by atoms with Crippen LogP contribution in [0.5, 0.6) is 0 Å². The third kappa shape index (κ3) is 12.7. The van der Waals surface area contributed by atoms with E-state index in [-0.39, 0.29) is 39.9 Å². The highest BCUT2D eigenvalue weighted by atomic mass is 79.9. The zero-order chi connectivity index (χ0) is 87.4. The summed E-state index contributed by atoms with van der Waals surface area (Å²) in [6.45, 7) is 8.41. The molecule has 1 fully saturated rings. The summed E-state index contributed by atoms with van der Waals surface area (Å²) in [4.78, 5) is 33.3. The van der Waals surface area contributed by atoms with E-state index in [1.54, 1.807) is 30.3 Å². The van der Waals surface area contributed by atoms with Gasteiger partial charge >= 0.3 is 7.12 Å². The van der Waals surface area contributed by atoms with E-state index in [1.807, 2.05) is 91.0 Å². The van der Waals surface area contributed by atoms with Crippen LogP contribution < -0.4 is 5.46 Å². The van der Waals surface area contributed by atoms with Crippen LogP contribution in [0.15, 0.2) is 373 Å². The number of rotatable bonds is 5. The fourth-order valence-corrected chi connectivity index (χ4v) is 20.8. The molecule has 1 saturated heterocycles. The first-order valence-corrected chi connectivity index (χ1v) is 44.6. The largest absolute Gasteiger partial charge is 0.494 e. The van der Waals surface area contributed by atoms with E-state index in [9.17, 15) is 20.2 Å². The van der Waals surface area contributed by atoms with Crippen molar-refractivity contribution in [1.82, 2.24) is 32.6 Å². The van der Waals surface area contributed by atoms with Crippen molar-refractivity contribution in [2.75, 3.05) is 0 Å². The van der Waals surface area contributed by atoms with Crippen molar-refractivity contribution in [3.05, 3.63) is 398 Å². The molecule has 129 heavy (non-hydrogen) atoms. The maximum absolute atomic E-state index is 11.6. The van der Waals surface area contributed by atoms with Gasteiger partial charge in [-0.25, -0.2) is 9.97 Å². The number of para-hydroxylation sites is 12. The zero-order valence-electron chi connectivity index (χ0n) is 69.9. The SMILES string of the molecule is Brc1cc2c3ccccc3n3c4ccccc4c(c1)c23.CC1(C)OB(c2cc3c4ccccc4n4c5ccccc5c(c2)c34)OC1(C)C.Clc1nc(-c2ccccc2)c2ccccc2n1.O=[N+]([O-])c1ccccc1-c1cc2c3ccccc3n3c4ccccc4c(c1)c23.O=[N+]([O-])c1ccccc1Br.c1ccc2c(c1)[nH]c1c2cc2c3ccccc3n3c4ccccc4c1c23. The molecule has 0 aliphatic carbocycles. The molecule has 618 valence electrons. The predicted octanol–water partition coefficient (Wildman–Crippen LogP) is 29.9. The van der Waals surface area contributed by atoms with Crippen LogP contribution in [-0.2, 0) is 9.31 Å². The zero-order valence-corrected chi connectivity index (χ0v) is 73.8. The number of nitrogens with zero attached hydrogens (tertiary/aromatic N) is 8. The maximum atomic E-state index is 11.6. The monoisotopic (exact) mass is 1820 g/mol. The van der Waals surface area contributed by atoms with Gasteiger partial charge in [0.1, 0.15) is 0 Å². The molecular weight excluding hydrogens is 1750 g/mol. The molecule has 15 nitrogen and oxygen atoms in total. The number of fused-ring (bicyclic) bond motifs is 29. The summed E-state index contributed by atoms with van der Waals surface area (Å²) in [6.07, 6.45) is 0. The third-order valence-electron chi connectivity index (χ3n) is 26.1. The van der Waals surface area contributed by atoms with Gasteiger partial charge < -0.3 is 31.9 Å². The molecule has 0 radical (unpaired) electrons. The smallest absolute Gasteiger partial charge is 0.399 e. The van der Waals surface area contributed by atoms with Crippen molar-refractivity contribution in [3.63, 3.8) is 0 Å². The molecule has 0 atom stereocenters. The summed E-state index contributed by atoms with van der Waals surface area (Å²) < 4.78 is 23.9. The number of nitrogens with one attached hydrogen (secondary N) is 1. The van der Waals surface area contributed by atoms with E-state index >= 15 is 0 Å². The topological polar surface area (TPSA) is 164 Å². The molecule has 11 heterocycles. The first-order chi connectivity index (χ1) is 62.9. The highest BCUT2D eigenvalue weighted by molar-refractivity contribution is 9.10. The Bertz CT molecular complexity index is 8940. The van der Waals surface area contributed by atoms with Crippen LogP contribution in [-0.4, -0.2) is 60.7 Å². The Morgan fingerprint density at radius 3 is 1.14 bits per heavy atom. The number of nitro benzene ring substituents is 2. The average Bonchev–Trinajstić information content (AvgIpc) is 1.47. The Morgan fingerprint density at radius 1 is 0.341 bits per heavy atom. The predicted molar refractivity (Wildman–Crippen MR) is 540 cm³/mol. The van der Waals surface area contributed by atoms with E-state index in [1.165, 1.54) is 148 Å². The number of hydrogen-bond acceptors (Lipinski definition) is 8. The van der Waals surface area contributed by atoms with E-state index < -0.39 is 4.92 Å². The minimum atomic E-state index is -0.427. The summed E-state index contributed by atoms with van der Waals surface area (Å²) in [5, 5.41) is 45.9. The number of nitro groups is 2. The Hall–Kier alpha value is -14.9. The number of aromatic amines is 1. The summed E-state index contributed by atoms with van der Waals surface area (Å²) in [5.41, 5.74) is 22.4. The molecule has 1 aliphatic heterocycles. The van der Waals surface area contributed by atoms with Gasteiger partial charge in [-0.3, -0.25) is 20.2 Å². The molecule has 0 saturated carbocycles. The first-order valence-electron chi connectivity index (χ1n) is 42.6. The highest BCUT2D eigenvalue weighted by Crippen LogP contribution is 2.49. The van der Waals surface area contributed by atoms with Gasteiger partial charge in [0.05, 0.1) is 114 Å². The highest BCUT2D eigenvalue weighted by Gasteiger charge is 2.52. The minimum absolute atomic E-state index is 0.0995. The molecule has 0 unspecified atom stereocenters. The standard InChI is InChI=1S/C24H22BNO2.C24H14N2O2.C24H14N2.C18H10BrN.C14H9ClN2.C6H4BrNO2/c1-23(2)24(3,4)28-25(27-23)15-13-18-16-9-5-7-11-20(16)26-21-12-8-6-10-17(21)19(14-15)22(18)26;27-26(28)23-12-6-1-7-16(23)15-13-19-17-8-2-4-10-21(17)25-22-11-5-3-9-18(22)20(14-15)24(19)25;1-4-10-19-14(7-1)17-13-18-15-8-2-5-11-20(15)26-21-12-6-3-9-16(21)22(24(18)26)23(17)25-19;19-11-9-14-12-5-1-3-7-16(12)20-17-8-4-2-6-13(17)15(10-11)18(14)20;15-14-16-12-9-5-4-8-11(12)13(17-14)10-6-2-1-3-7-10;7-5-3-1-2-4-6(5)8(9)10/h5-14H,1-4H3;1-14H;1-13,25H;1-10H;1-9H;1-4H. The van der Waals surface area contributed by atoms with E-state index in [0.29, 0.717) is 10.0 Å². The average molecular weight is 1820 g/mol. The summed E-state index contributed by atoms with van der Waals surface area (Å²) in [6, 6.07) is 124. The normalized spacial score (nSPS) is 13.2. The van der Waals surface area contributed by atoms with E-state index in [2.05, 4.69) is 329 Å². The molecule has 17 aromatic carbocycles. The van der Waals surface area contributed by atoms with Crippen molar-refractivity contribution >= 4 is 253 Å². The van der Waals surface area contributed by atoms with Crippen molar-refractivity contribution < 1.29 is 19.2 Å². The summed E-state index contributed by atoms with van der Waals surface area (Å²) >= 11 is 12.7. The molecular formula is C110H73BBr2ClN9O6. The lowest BCUT2D eigenvalue weighted by Gasteiger charge is -2.32. The van der Waals surface area contributed by atoms with Crippen LogP contribution in [0.1, 0.15) is 27.7 Å². The van der Waals surface area contributed by atoms with Crippen LogP contribution in [0.2, 0.25) is 5.28 Å². The number of halogens is 3. The van der Waals surface area contributed by atoms with Crippen molar-refractivity contribution in [3.8, 4) is 22.4 Å². The number of H-pyrrole nitrogens is 1. The Kier molecular flexibility index (Phi) is 18.8. The molecule has 1 aliphatic rings. The molecule has 0 spiro atoms. The van der Waals surface area contributed by atoms with Crippen LogP contribution >= 0.6 is 43.5 Å². The van der Waals surface area contributed by atoms with Gasteiger partial charge in [0.15, 0.2) is 0 Å². The molecule has 10 aromatic heterocycles. The fraction of sp³-hybridized carbons (Fsp3) is 0.0545. The number of aromatic nitrogens is 7. The number of hydrogen-bond donors (Lipinski definition) is 1. The van der Waals surface area contributed by atoms with Gasteiger partial charge in [0, 0.05) is 130 Å². The van der Waals surface area contributed by atoms with E-state index in [0.717, 1.165) is 70.2 Å². The van der Waals surface area contributed by atoms with Crippen LogP contribution in [0.25, 0.3) is 207 Å². The van der Waals surface area contributed by atoms with Crippen LogP contribution in [0, 0.1) is 20.2 Å². The lowest BCUT2D eigenvalue weighted by atomic mass is 9.77. The van der Waals surface area contributed by atoms with Gasteiger partial charge in [0.2, 0.25) is 5.28 Å². The molecule has 1 N–H and O–H groups in total. The fourth-order valence-electron chi connectivity index (χ4n) is 19.8. The summed E-state index contributed by atoms with van der Waals surface area (Å²) in [5.74, 6) is 0. The van der Waals surface area contributed by atoms with Gasteiger partial charge in [-0.05, 0) is 169 Å². The third-order valence-corrected chi connectivity index (χ3v) is 27.4. The van der Waals surface area contributed by atoms with Crippen molar-refractivity contribution in [2.24, 2.45) is 0 Å². The molecule has 0 amide bonds. The second kappa shape index (κ2) is 30.7. The summed E-state index contributed by atoms with van der Waals surface area (Å²) in [7, 11) is -0.361. The Morgan fingerprint density at radius 2 is 0.690 bits per heavy atom. The quantitative estimate of drug-likeness (QED) is 0.0770. The van der Waals surface area contributed by atoms with Crippen molar-refractivity contribution in [1.29, 1.82) is 0 Å². The van der Waals surface area contributed by atoms with Gasteiger partial charge in [-0.15, -0.1) is 0 Å². The lowest BCUT2D eigenvalue weighted by molar-refractivity contribution is -0.385. The van der Waals surface area contributed by atoms with Crippen molar-refractivity contribution in [2.45, 2.75) is 38.9 Å². The minimum Gasteiger partial charge on any atom is -0.399 e. The second-order valence-corrected chi connectivity index (χ2v) is 35.9. The Balaban J connectivity index is 0.0000000905. The maximum Gasteiger partial charge on any atom is 0.494 e. The van der Waals surface area contributed by atoms with E-state index in [4.69, 9.17) is 20.9 Å². The molecule has 0 bridgehead atoms. The van der Waals surface area contributed by atoms with Gasteiger partial charge in [0.25, 0.3) is 11.4 Å². The Labute approximate surface area is 758 Å². The molecule has 27 aromatic rings. The lowest BCUT2D eigenvalue weighted by Crippen LogP contribution is -2.41.